The van der Waals surface area contributed by atoms with Gasteiger partial charge >= 0.3 is 0 Å². The highest BCUT2D eigenvalue weighted by molar-refractivity contribution is 7.80. The van der Waals surface area contributed by atoms with Gasteiger partial charge in [0.2, 0.25) is 5.91 Å². The molecule has 1 fully saturated rings. The number of thiocarbonyl (C=S) groups is 1. The van der Waals surface area contributed by atoms with Crippen molar-refractivity contribution >= 4 is 40.3 Å². The van der Waals surface area contributed by atoms with E-state index in [1.54, 1.807) is 18.3 Å². The van der Waals surface area contributed by atoms with Crippen molar-refractivity contribution in [3.63, 3.8) is 0 Å². The molecule has 1 saturated heterocycles. The third kappa shape index (κ3) is 4.66. The largest absolute Gasteiger partial charge is 0.495 e. The maximum absolute atomic E-state index is 11.9. The molecule has 0 bridgehead atoms. The molecular weight excluding hydrogens is 504 g/mol. The monoisotopic (exact) mass is 528 g/mol. The molecule has 1 aliphatic rings. The second kappa shape index (κ2) is 10.3. The number of hydrogen-bond acceptors (Lipinski definition) is 6. The zero-order valence-corrected chi connectivity index (χ0v) is 21.4. The number of aromatic nitrogens is 2. The number of rotatable bonds is 7. The third-order valence-electron chi connectivity index (χ3n) is 6.27. The number of nitrogens with one attached hydrogen (secondary N) is 2. The Morgan fingerprint density at radius 3 is 2.66 bits per heavy atom. The summed E-state index contributed by atoms with van der Waals surface area (Å²) >= 11 is 5.83. The number of nitro groups is 1. The summed E-state index contributed by atoms with van der Waals surface area (Å²) in [5.74, 6) is 0.282. The Kier molecular flexibility index (Phi) is 6.75. The van der Waals surface area contributed by atoms with E-state index in [0.717, 1.165) is 17.1 Å². The molecule has 2 atom stereocenters. The van der Waals surface area contributed by atoms with E-state index in [-0.39, 0.29) is 23.7 Å². The number of pyridine rings is 1. The van der Waals surface area contributed by atoms with Crippen LogP contribution in [0.3, 0.4) is 0 Å². The van der Waals surface area contributed by atoms with Gasteiger partial charge in [0.15, 0.2) is 5.11 Å². The maximum atomic E-state index is 11.9. The highest BCUT2D eigenvalue weighted by atomic mass is 32.1. The van der Waals surface area contributed by atoms with E-state index in [4.69, 9.17) is 17.0 Å². The number of carbonyl (C=O) groups is 1. The smallest absolute Gasteiger partial charge is 0.271 e. The van der Waals surface area contributed by atoms with Crippen LogP contribution in [0.2, 0.25) is 0 Å². The average Bonchev–Trinajstić information content (AvgIpc) is 3.53. The topological polar surface area (TPSA) is 115 Å². The van der Waals surface area contributed by atoms with Crippen molar-refractivity contribution in [3.05, 3.63) is 107 Å². The van der Waals surface area contributed by atoms with E-state index < -0.39 is 4.92 Å². The van der Waals surface area contributed by atoms with Gasteiger partial charge < -0.3 is 24.8 Å². The van der Waals surface area contributed by atoms with Crippen molar-refractivity contribution in [1.82, 2.24) is 14.9 Å². The maximum Gasteiger partial charge on any atom is 0.271 e. The Balaban J connectivity index is 1.67. The molecule has 2 aromatic carbocycles. The van der Waals surface area contributed by atoms with E-state index in [9.17, 15) is 14.9 Å². The quantitative estimate of drug-likeness (QED) is 0.197. The van der Waals surface area contributed by atoms with Gasteiger partial charge in [-0.2, -0.15) is 0 Å². The van der Waals surface area contributed by atoms with Crippen LogP contribution in [0.5, 0.6) is 5.75 Å². The molecule has 0 spiro atoms. The van der Waals surface area contributed by atoms with Crippen molar-refractivity contribution in [2.45, 2.75) is 19.0 Å². The number of benzene rings is 2. The number of hydrogen-bond donors (Lipinski definition) is 2. The SMILES string of the molecule is COc1ccc(N2C(=S)N[C@H](c3ccccn3)[C@H]2c2cccn2-c2cccc([N+](=O)[O-])c2)cc1NC(C)=O. The Labute approximate surface area is 224 Å². The lowest BCUT2D eigenvalue weighted by Gasteiger charge is -2.29. The number of ether oxygens (including phenoxy) is 1. The molecule has 192 valence electrons. The standard InChI is InChI=1S/C27H24N6O4S/c1-17(34)29-22-16-19(11-12-24(22)37-2)32-26(25(30-27(32)38)21-9-3-4-13-28-21)23-10-6-14-31(23)18-7-5-8-20(15-18)33(35)36/h3-16,25-26H,1-2H3,(H,29,34)(H,30,38)/t25-,26-/m1/s1. The van der Waals surface area contributed by atoms with Gasteiger partial charge in [-0.25, -0.2) is 0 Å². The molecule has 0 unspecified atom stereocenters. The van der Waals surface area contributed by atoms with Gasteiger partial charge in [0, 0.05) is 42.8 Å². The summed E-state index contributed by atoms with van der Waals surface area (Å²) in [7, 11) is 1.54. The fourth-order valence-corrected chi connectivity index (χ4v) is 5.04. The molecule has 1 amide bonds. The summed E-state index contributed by atoms with van der Waals surface area (Å²) in [5.41, 5.74) is 3.49. The van der Waals surface area contributed by atoms with Crippen LogP contribution in [0.15, 0.2) is 85.2 Å². The summed E-state index contributed by atoms with van der Waals surface area (Å²) in [6.45, 7) is 1.43. The van der Waals surface area contributed by atoms with Crippen LogP contribution < -0.4 is 20.3 Å². The van der Waals surface area contributed by atoms with Gasteiger partial charge in [-0.1, -0.05) is 12.1 Å². The summed E-state index contributed by atoms with van der Waals surface area (Å²) < 4.78 is 7.35. The molecule has 2 aromatic heterocycles. The lowest BCUT2D eigenvalue weighted by atomic mass is 10.0. The van der Waals surface area contributed by atoms with Gasteiger partial charge in [0.05, 0.1) is 35.1 Å². The number of amides is 1. The molecule has 5 rings (SSSR count). The molecule has 2 N–H and O–H groups in total. The molecule has 4 aromatic rings. The summed E-state index contributed by atoms with van der Waals surface area (Å²) in [4.78, 5) is 29.4. The van der Waals surface area contributed by atoms with Crippen LogP contribution in [0.25, 0.3) is 5.69 Å². The molecule has 3 heterocycles. The number of nitro benzene ring substituents is 1. The van der Waals surface area contributed by atoms with Gasteiger partial charge in [0.1, 0.15) is 11.8 Å². The molecule has 38 heavy (non-hydrogen) atoms. The fraction of sp³-hybridized carbons (Fsp3) is 0.148. The lowest BCUT2D eigenvalue weighted by molar-refractivity contribution is -0.384. The lowest BCUT2D eigenvalue weighted by Crippen LogP contribution is -2.30. The predicted molar refractivity (Wildman–Crippen MR) is 148 cm³/mol. The van der Waals surface area contributed by atoms with Crippen molar-refractivity contribution in [2.75, 3.05) is 17.3 Å². The zero-order chi connectivity index (χ0) is 26.8. The van der Waals surface area contributed by atoms with Crippen LogP contribution in [0, 0.1) is 10.1 Å². The van der Waals surface area contributed by atoms with Gasteiger partial charge in [-0.3, -0.25) is 19.9 Å². The Hall–Kier alpha value is -4.77. The Bertz CT molecular complexity index is 1520. The van der Waals surface area contributed by atoms with Crippen LogP contribution in [0.4, 0.5) is 17.1 Å². The first-order chi connectivity index (χ1) is 18.4. The molecule has 0 aliphatic carbocycles. The van der Waals surface area contributed by atoms with E-state index >= 15 is 0 Å². The van der Waals surface area contributed by atoms with Crippen LogP contribution in [0.1, 0.15) is 30.4 Å². The molecule has 0 radical (unpaired) electrons. The highest BCUT2D eigenvalue weighted by Gasteiger charge is 2.42. The molecule has 1 aliphatic heterocycles. The first kappa shape index (κ1) is 24.9. The summed E-state index contributed by atoms with van der Waals surface area (Å²) in [6.07, 6.45) is 3.59. The number of nitrogens with zero attached hydrogens (tertiary/aromatic N) is 4. The van der Waals surface area contributed by atoms with Crippen molar-refractivity contribution in [3.8, 4) is 11.4 Å². The summed E-state index contributed by atoms with van der Waals surface area (Å²) in [6, 6.07) is 20.7. The van der Waals surface area contributed by atoms with E-state index in [2.05, 4.69) is 15.6 Å². The van der Waals surface area contributed by atoms with E-state index in [1.165, 1.54) is 26.2 Å². The first-order valence-corrected chi connectivity index (χ1v) is 12.2. The Morgan fingerprint density at radius 2 is 1.95 bits per heavy atom. The second-order valence-corrected chi connectivity index (χ2v) is 9.03. The van der Waals surface area contributed by atoms with Crippen LogP contribution in [-0.4, -0.2) is 32.6 Å². The number of anilines is 2. The second-order valence-electron chi connectivity index (χ2n) is 8.64. The fourth-order valence-electron chi connectivity index (χ4n) is 4.69. The average molecular weight is 529 g/mol. The molecule has 11 heteroatoms. The van der Waals surface area contributed by atoms with Crippen LogP contribution >= 0.6 is 12.2 Å². The normalized spacial score (nSPS) is 16.7. The predicted octanol–water partition coefficient (Wildman–Crippen LogP) is 4.92. The van der Waals surface area contributed by atoms with Gasteiger partial charge in [-0.05, 0) is 60.7 Å². The zero-order valence-electron chi connectivity index (χ0n) is 20.6. The van der Waals surface area contributed by atoms with Crippen LogP contribution in [-0.2, 0) is 4.79 Å². The minimum atomic E-state index is -0.414. The number of methoxy groups -OCH3 is 1. The number of carbonyl (C=O) groups excluding carboxylic acids is 1. The number of non-ortho nitro benzene ring substituents is 1. The van der Waals surface area contributed by atoms with Gasteiger partial charge in [-0.15, -0.1) is 0 Å². The van der Waals surface area contributed by atoms with Crippen molar-refractivity contribution < 1.29 is 14.5 Å². The third-order valence-corrected chi connectivity index (χ3v) is 6.59. The molecule has 0 saturated carbocycles. The molecule has 10 nitrogen and oxygen atoms in total. The van der Waals surface area contributed by atoms with Gasteiger partial charge in [0.25, 0.3) is 5.69 Å². The summed E-state index contributed by atoms with van der Waals surface area (Å²) in [5, 5.41) is 18.1. The highest BCUT2D eigenvalue weighted by Crippen LogP contribution is 2.44. The minimum Gasteiger partial charge on any atom is -0.495 e. The Morgan fingerprint density at radius 1 is 1.11 bits per heavy atom. The van der Waals surface area contributed by atoms with Crippen molar-refractivity contribution in [2.24, 2.45) is 0 Å². The molecular formula is C27H24N6O4S. The first-order valence-electron chi connectivity index (χ1n) is 11.8. The van der Waals surface area contributed by atoms with E-state index in [0.29, 0.717) is 22.2 Å². The van der Waals surface area contributed by atoms with E-state index in [1.807, 2.05) is 64.2 Å². The van der Waals surface area contributed by atoms with Crippen molar-refractivity contribution in [1.29, 1.82) is 0 Å². The minimum absolute atomic E-state index is 0.00421.